The lowest BCUT2D eigenvalue weighted by atomic mass is 9.90. The summed E-state index contributed by atoms with van der Waals surface area (Å²) in [5.41, 5.74) is 4.27. The van der Waals surface area contributed by atoms with Gasteiger partial charge in [-0.1, -0.05) is 0 Å². The van der Waals surface area contributed by atoms with Gasteiger partial charge in [-0.05, 0) is 51.2 Å². The molecule has 5 atom stereocenters. The highest BCUT2D eigenvalue weighted by molar-refractivity contribution is 5.76. The predicted octanol–water partition coefficient (Wildman–Crippen LogP) is 1.78. The second kappa shape index (κ2) is 7.80. The Kier molecular flexibility index (Phi) is 4.92. The minimum atomic E-state index is -1.50. The normalized spacial score (nSPS) is 34.7. The van der Waals surface area contributed by atoms with Crippen molar-refractivity contribution < 1.29 is 38.1 Å². The summed E-state index contributed by atoms with van der Waals surface area (Å²) >= 11 is 0. The molecule has 12 heteroatoms. The number of hydrogen-bond acceptors (Lipinski definition) is 11. The molecule has 1 unspecified atom stereocenters. The Hall–Kier alpha value is -3.41. The first kappa shape index (κ1) is 22.1. The van der Waals surface area contributed by atoms with E-state index in [1.807, 2.05) is 0 Å². The van der Waals surface area contributed by atoms with Crippen molar-refractivity contribution in [2.24, 2.45) is 0 Å². The smallest absolute Gasteiger partial charge is 0.454 e. The Bertz CT molecular complexity index is 1210. The first-order valence-corrected chi connectivity index (χ1v) is 11.9. The van der Waals surface area contributed by atoms with Crippen molar-refractivity contribution >= 4 is 29.4 Å². The Morgan fingerprint density at radius 3 is 2.71 bits per heavy atom. The van der Waals surface area contributed by atoms with Gasteiger partial charge < -0.3 is 29.4 Å². The summed E-state index contributed by atoms with van der Waals surface area (Å²) in [6.07, 6.45) is 1.23. The molecule has 35 heavy (non-hydrogen) atoms. The number of nitrogens with zero attached hydrogens (tertiary/aromatic N) is 3. The van der Waals surface area contributed by atoms with Crippen LogP contribution in [0.25, 0.3) is 5.52 Å². The molecule has 0 radical (unpaired) electrons. The third-order valence-electron chi connectivity index (χ3n) is 7.42. The molecule has 12 nitrogen and oxygen atoms in total. The highest BCUT2D eigenvalue weighted by atomic mass is 16.8. The summed E-state index contributed by atoms with van der Waals surface area (Å²) in [7, 11) is 0. The van der Waals surface area contributed by atoms with Crippen molar-refractivity contribution in [1.29, 1.82) is 0 Å². The van der Waals surface area contributed by atoms with Crippen LogP contribution in [0.15, 0.2) is 18.5 Å². The number of nitrogen functional groups attached to an aromatic ring is 1. The summed E-state index contributed by atoms with van der Waals surface area (Å²) in [5.74, 6) is -0.758. The number of carbonyl (C=O) groups is 3. The van der Waals surface area contributed by atoms with Gasteiger partial charge in [0.05, 0.1) is 5.69 Å². The first-order chi connectivity index (χ1) is 16.8. The molecule has 2 aromatic heterocycles. The molecule has 2 aliphatic heterocycles. The lowest BCUT2D eigenvalue weighted by Gasteiger charge is -2.35. The van der Waals surface area contributed by atoms with E-state index in [1.54, 1.807) is 23.6 Å². The summed E-state index contributed by atoms with van der Waals surface area (Å²) in [6, 6.07) is 3.47. The van der Waals surface area contributed by atoms with Crippen molar-refractivity contribution in [2.75, 3.05) is 5.73 Å². The van der Waals surface area contributed by atoms with Crippen LogP contribution >= 0.6 is 0 Å². The van der Waals surface area contributed by atoms with E-state index in [4.69, 9.17) is 29.4 Å². The second-order valence-electron chi connectivity index (χ2n) is 9.67. The number of esters is 2. The maximum absolute atomic E-state index is 12.7. The van der Waals surface area contributed by atoms with Crippen molar-refractivity contribution in [3.05, 3.63) is 24.2 Å². The number of ether oxygens (including phenoxy) is 5. The molecule has 186 valence electrons. The van der Waals surface area contributed by atoms with Gasteiger partial charge in [-0.3, -0.25) is 9.59 Å². The second-order valence-corrected chi connectivity index (χ2v) is 9.67. The fourth-order valence-electron chi connectivity index (χ4n) is 5.67. The van der Waals surface area contributed by atoms with E-state index in [9.17, 15) is 14.4 Å². The van der Waals surface area contributed by atoms with Crippen molar-refractivity contribution in [3.8, 4) is 0 Å². The molecule has 0 amide bonds. The number of carbonyl (C=O) groups excluding carboxylic acids is 3. The molecule has 0 aromatic carbocycles. The van der Waals surface area contributed by atoms with Crippen LogP contribution in [-0.4, -0.2) is 62.7 Å². The van der Waals surface area contributed by atoms with E-state index in [0.29, 0.717) is 11.2 Å². The van der Waals surface area contributed by atoms with E-state index in [-0.39, 0.29) is 31.2 Å². The zero-order valence-corrected chi connectivity index (χ0v) is 19.2. The molecule has 0 bridgehead atoms. The van der Waals surface area contributed by atoms with Gasteiger partial charge in [0.25, 0.3) is 0 Å². The molecule has 1 spiro atoms. The SMILES string of the molecule is C[C@@]1(c2ccc3c(N)ncnn23)O[C@@H]2C(OC(=O)OC3CCCC3)[C@@]23OC(=O)CCCC(=O)O[C@H]31. The third-order valence-corrected chi connectivity index (χ3v) is 7.42. The number of hydrogen-bond donors (Lipinski definition) is 1. The van der Waals surface area contributed by atoms with Crippen LogP contribution in [0.4, 0.5) is 10.6 Å². The van der Waals surface area contributed by atoms with Crippen molar-refractivity contribution in [2.45, 2.75) is 87.5 Å². The number of rotatable bonds is 3. The molecule has 4 heterocycles. The Morgan fingerprint density at radius 2 is 1.91 bits per heavy atom. The molecule has 6 rings (SSSR count). The molecule has 4 fully saturated rings. The van der Waals surface area contributed by atoms with Crippen LogP contribution in [0.5, 0.6) is 0 Å². The quantitative estimate of drug-likeness (QED) is 0.499. The average molecular weight is 486 g/mol. The highest BCUT2D eigenvalue weighted by Crippen LogP contribution is 2.63. The number of fused-ring (bicyclic) bond motifs is 1. The zero-order valence-electron chi connectivity index (χ0n) is 19.2. The van der Waals surface area contributed by atoms with Gasteiger partial charge in [0.15, 0.2) is 18.0 Å². The van der Waals surface area contributed by atoms with Crippen LogP contribution < -0.4 is 5.73 Å². The molecule has 2 saturated heterocycles. The number of nitrogens with two attached hydrogens (primary N) is 1. The maximum Gasteiger partial charge on any atom is 0.509 e. The molecule has 2 aromatic rings. The average Bonchev–Trinajstić information content (AvgIpc) is 3.30. The lowest BCUT2D eigenvalue weighted by molar-refractivity contribution is -0.188. The monoisotopic (exact) mass is 486 g/mol. The Balaban J connectivity index is 1.36. The zero-order chi connectivity index (χ0) is 24.4. The van der Waals surface area contributed by atoms with Gasteiger partial charge >= 0.3 is 18.1 Å². The number of anilines is 1. The van der Waals surface area contributed by atoms with Gasteiger partial charge in [0.1, 0.15) is 29.7 Å². The summed E-state index contributed by atoms with van der Waals surface area (Å²) in [4.78, 5) is 41.9. The van der Waals surface area contributed by atoms with Crippen molar-refractivity contribution in [1.82, 2.24) is 14.6 Å². The molecular weight excluding hydrogens is 460 g/mol. The van der Waals surface area contributed by atoms with Gasteiger partial charge in [-0.2, -0.15) is 5.10 Å². The van der Waals surface area contributed by atoms with E-state index in [1.165, 1.54) is 6.33 Å². The topological polar surface area (TPSA) is 154 Å². The fourth-order valence-corrected chi connectivity index (χ4v) is 5.67. The minimum absolute atomic E-state index is 0.0318. The van der Waals surface area contributed by atoms with E-state index in [2.05, 4.69) is 10.1 Å². The molecule has 4 aliphatic rings. The largest absolute Gasteiger partial charge is 0.509 e. The highest BCUT2D eigenvalue weighted by Gasteiger charge is 2.87. The van der Waals surface area contributed by atoms with Crippen LogP contribution in [0.2, 0.25) is 0 Å². The summed E-state index contributed by atoms with van der Waals surface area (Å²) < 4.78 is 30.7. The standard InChI is InChI=1S/C23H26N4O8/c1-22(14-10-9-13-19(24)25-11-26-27(13)14)20-23(34-16(29)8-4-7-15(28)32-20)17(18(23)35-22)33-21(30)31-12-5-2-3-6-12/h9-12,17-18,20H,2-8H2,1H3,(H2,24,25,26)/t17?,18-,20+,22+,23-/m1/s1. The lowest BCUT2D eigenvalue weighted by Crippen LogP contribution is -2.50. The van der Waals surface area contributed by atoms with Gasteiger partial charge in [0.2, 0.25) is 5.60 Å². The molecule has 2 N–H and O–H groups in total. The van der Waals surface area contributed by atoms with Gasteiger partial charge in [-0.25, -0.2) is 14.3 Å². The first-order valence-electron chi connectivity index (χ1n) is 11.9. The third kappa shape index (κ3) is 3.33. The summed E-state index contributed by atoms with van der Waals surface area (Å²) in [5, 5.41) is 4.28. The fraction of sp³-hybridized carbons (Fsp3) is 0.609. The maximum atomic E-state index is 12.7. The van der Waals surface area contributed by atoms with Crippen LogP contribution in [0.1, 0.15) is 57.6 Å². The molecule has 2 saturated carbocycles. The van der Waals surface area contributed by atoms with E-state index in [0.717, 1.165) is 25.7 Å². The van der Waals surface area contributed by atoms with Crippen molar-refractivity contribution in [3.63, 3.8) is 0 Å². The molecular formula is C23H26N4O8. The Labute approximate surface area is 200 Å². The van der Waals surface area contributed by atoms with Crippen LogP contribution in [0.3, 0.4) is 0 Å². The minimum Gasteiger partial charge on any atom is -0.454 e. The van der Waals surface area contributed by atoms with Gasteiger partial charge in [-0.15, -0.1) is 0 Å². The van der Waals surface area contributed by atoms with Gasteiger partial charge in [0, 0.05) is 12.8 Å². The Morgan fingerprint density at radius 1 is 1.14 bits per heavy atom. The number of aromatic nitrogens is 3. The van der Waals surface area contributed by atoms with Crippen LogP contribution in [-0.2, 0) is 38.9 Å². The van der Waals surface area contributed by atoms with Crippen LogP contribution in [0, 0.1) is 0 Å². The predicted molar refractivity (Wildman–Crippen MR) is 116 cm³/mol. The van der Waals surface area contributed by atoms with E-state index < -0.39 is 47.6 Å². The molecule has 2 aliphatic carbocycles. The summed E-state index contributed by atoms with van der Waals surface area (Å²) in [6.45, 7) is 1.72. The van der Waals surface area contributed by atoms with E-state index >= 15 is 0 Å².